The van der Waals surface area contributed by atoms with Crippen molar-refractivity contribution in [2.75, 3.05) is 4.90 Å². The number of benzene rings is 2. The number of halogens is 3. The molecule has 0 bridgehead atoms. The summed E-state index contributed by atoms with van der Waals surface area (Å²) in [4.78, 5) is 17.2. The van der Waals surface area contributed by atoms with E-state index >= 15 is 0 Å². The van der Waals surface area contributed by atoms with Crippen molar-refractivity contribution in [1.29, 1.82) is 5.26 Å². The Morgan fingerprint density at radius 1 is 1.26 bits per heavy atom. The lowest BCUT2D eigenvalue weighted by Gasteiger charge is -2.38. The zero-order chi connectivity index (χ0) is 25.8. The minimum absolute atomic E-state index is 0.350. The lowest BCUT2D eigenvalue weighted by atomic mass is 9.83. The topological polar surface area (TPSA) is 56.6 Å². The van der Waals surface area contributed by atoms with Crippen molar-refractivity contribution in [3.8, 4) is 11.8 Å². The minimum Gasteiger partial charge on any atom is -0.406 e. The van der Waals surface area contributed by atoms with Gasteiger partial charge in [-0.3, -0.25) is 9.80 Å². The number of carbonyl (C=O) groups excluding carboxylic acids is 1. The molecule has 0 unspecified atom stereocenters. The Hall–Kier alpha value is -3.99. The van der Waals surface area contributed by atoms with Crippen LogP contribution in [0.25, 0.3) is 0 Å². The third kappa shape index (κ3) is 5.09. The van der Waals surface area contributed by atoms with E-state index in [2.05, 4.69) is 17.4 Å². The molecular formula is C27H26F3N3O2. The summed E-state index contributed by atoms with van der Waals surface area (Å²) in [6, 6.07) is 13.4. The Balaban J connectivity index is 2.25. The lowest BCUT2D eigenvalue weighted by Crippen LogP contribution is -2.45. The fourth-order valence-corrected chi connectivity index (χ4v) is 4.44. The van der Waals surface area contributed by atoms with E-state index in [0.717, 1.165) is 0 Å². The molecule has 0 saturated carbocycles. The highest BCUT2D eigenvalue weighted by Crippen LogP contribution is 2.50. The van der Waals surface area contributed by atoms with Gasteiger partial charge in [0.25, 0.3) is 0 Å². The minimum atomic E-state index is -4.84. The van der Waals surface area contributed by atoms with E-state index in [1.165, 1.54) is 18.2 Å². The molecule has 2 atom stereocenters. The number of alkyl halides is 3. The van der Waals surface area contributed by atoms with E-state index in [9.17, 15) is 18.0 Å². The van der Waals surface area contributed by atoms with Crippen LogP contribution in [0, 0.1) is 11.3 Å². The van der Waals surface area contributed by atoms with Gasteiger partial charge in [-0.25, -0.2) is 4.79 Å². The number of rotatable bonds is 7. The number of nitriles is 1. The van der Waals surface area contributed by atoms with Gasteiger partial charge in [0.1, 0.15) is 5.75 Å². The standard InChI is InChI=1S/C27H26F3N3O2/c1-5-9-21(10-6-2)32-24(20-11-8-12-23(17-20)35-27(28,29)30)26(4,7-3)33(25(32)34)22-15-13-19(18-31)14-16-22/h5-6,8-17,24H,1,7H2,2-4H3/b10-6-,21-9+/t24-,26-/m0/s1. The van der Waals surface area contributed by atoms with Gasteiger partial charge < -0.3 is 4.74 Å². The van der Waals surface area contributed by atoms with Crippen molar-refractivity contribution in [1.82, 2.24) is 4.90 Å². The molecule has 1 aliphatic heterocycles. The molecule has 2 amide bonds. The quantitative estimate of drug-likeness (QED) is 0.391. The molecule has 5 nitrogen and oxygen atoms in total. The van der Waals surface area contributed by atoms with Crippen LogP contribution in [0.5, 0.6) is 5.75 Å². The molecule has 0 aliphatic carbocycles. The van der Waals surface area contributed by atoms with Crippen LogP contribution >= 0.6 is 0 Å². The highest BCUT2D eigenvalue weighted by Gasteiger charge is 2.55. The van der Waals surface area contributed by atoms with Crippen LogP contribution in [-0.4, -0.2) is 22.8 Å². The smallest absolute Gasteiger partial charge is 0.406 e. The average Bonchev–Trinajstić information content (AvgIpc) is 3.05. The van der Waals surface area contributed by atoms with E-state index < -0.39 is 17.9 Å². The third-order valence-corrected chi connectivity index (χ3v) is 6.04. The van der Waals surface area contributed by atoms with Gasteiger partial charge in [0, 0.05) is 11.4 Å². The van der Waals surface area contributed by atoms with Crippen LogP contribution < -0.4 is 9.64 Å². The van der Waals surface area contributed by atoms with Crippen LogP contribution in [0.1, 0.15) is 44.4 Å². The van der Waals surface area contributed by atoms with Gasteiger partial charge >= 0.3 is 12.4 Å². The van der Waals surface area contributed by atoms with E-state index in [1.807, 2.05) is 20.8 Å². The highest BCUT2D eigenvalue weighted by atomic mass is 19.4. The predicted molar refractivity (Wildman–Crippen MR) is 129 cm³/mol. The summed E-state index contributed by atoms with van der Waals surface area (Å²) in [6.07, 6.45) is 2.40. The van der Waals surface area contributed by atoms with E-state index in [4.69, 9.17) is 5.26 Å². The second-order valence-corrected chi connectivity index (χ2v) is 8.21. The number of amides is 2. The molecule has 3 rings (SSSR count). The van der Waals surface area contributed by atoms with Gasteiger partial charge in [0.15, 0.2) is 0 Å². The summed E-state index contributed by atoms with van der Waals surface area (Å²) in [5.74, 6) is -0.363. The zero-order valence-corrected chi connectivity index (χ0v) is 19.7. The van der Waals surface area contributed by atoms with E-state index in [-0.39, 0.29) is 11.8 Å². The Morgan fingerprint density at radius 3 is 2.49 bits per heavy atom. The Kier molecular flexibility index (Phi) is 7.39. The van der Waals surface area contributed by atoms with Gasteiger partial charge in [-0.2, -0.15) is 5.26 Å². The van der Waals surface area contributed by atoms with Crippen molar-refractivity contribution >= 4 is 11.7 Å². The van der Waals surface area contributed by atoms with E-state index in [0.29, 0.717) is 28.9 Å². The van der Waals surface area contributed by atoms with E-state index in [1.54, 1.807) is 64.4 Å². The molecule has 1 aliphatic rings. The number of anilines is 1. The molecule has 2 aromatic carbocycles. The van der Waals surface area contributed by atoms with Gasteiger partial charge in [0.2, 0.25) is 0 Å². The number of hydrogen-bond acceptors (Lipinski definition) is 3. The molecule has 0 radical (unpaired) electrons. The zero-order valence-electron chi connectivity index (χ0n) is 19.7. The Morgan fingerprint density at radius 2 is 1.94 bits per heavy atom. The van der Waals surface area contributed by atoms with Gasteiger partial charge in [-0.15, -0.1) is 13.2 Å². The van der Waals surface area contributed by atoms with Crippen LogP contribution in [0.4, 0.5) is 23.7 Å². The fourth-order valence-electron chi connectivity index (χ4n) is 4.44. The first-order valence-electron chi connectivity index (χ1n) is 11.0. The summed E-state index contributed by atoms with van der Waals surface area (Å²) in [5, 5.41) is 9.17. The molecule has 0 aromatic heterocycles. The summed E-state index contributed by atoms with van der Waals surface area (Å²) in [5.41, 5.74) is 1.19. The maximum atomic E-state index is 14.0. The first-order chi connectivity index (χ1) is 16.6. The summed E-state index contributed by atoms with van der Waals surface area (Å²) >= 11 is 0. The van der Waals surface area contributed by atoms with Crippen molar-refractivity contribution in [3.63, 3.8) is 0 Å². The summed E-state index contributed by atoms with van der Waals surface area (Å²) < 4.78 is 43.0. The molecule has 1 heterocycles. The molecule has 0 N–H and O–H groups in total. The SMILES string of the molecule is C=C/C=C(\C=C/C)N1C(=O)N(c2ccc(C#N)cc2)[C@@](C)(CC)[C@@H]1c1cccc(OC(F)(F)F)c1. The number of ether oxygens (including phenoxy) is 1. The average molecular weight is 482 g/mol. The first-order valence-corrected chi connectivity index (χ1v) is 11.0. The molecule has 182 valence electrons. The number of allylic oxidation sites excluding steroid dienone is 4. The van der Waals surface area contributed by atoms with Crippen LogP contribution in [0.2, 0.25) is 0 Å². The molecule has 35 heavy (non-hydrogen) atoms. The lowest BCUT2D eigenvalue weighted by molar-refractivity contribution is -0.274. The fraction of sp³-hybridized carbons (Fsp3) is 0.259. The second-order valence-electron chi connectivity index (χ2n) is 8.21. The van der Waals surface area contributed by atoms with Gasteiger partial charge in [-0.05, 0) is 74.4 Å². The monoisotopic (exact) mass is 481 g/mol. The molecule has 2 aromatic rings. The number of urea groups is 1. The number of nitrogens with zero attached hydrogens (tertiary/aromatic N) is 3. The predicted octanol–water partition coefficient (Wildman–Crippen LogP) is 7.25. The normalized spacial score (nSPS) is 20.9. The van der Waals surface area contributed by atoms with Crippen molar-refractivity contribution in [2.24, 2.45) is 0 Å². The summed E-state index contributed by atoms with van der Waals surface area (Å²) in [7, 11) is 0. The van der Waals surface area contributed by atoms with Crippen molar-refractivity contribution < 1.29 is 22.7 Å². The highest BCUT2D eigenvalue weighted by molar-refractivity contribution is 5.98. The van der Waals surface area contributed by atoms with Crippen LogP contribution in [-0.2, 0) is 0 Å². The van der Waals surface area contributed by atoms with Crippen LogP contribution in [0.3, 0.4) is 0 Å². The third-order valence-electron chi connectivity index (χ3n) is 6.04. The Labute approximate surface area is 203 Å². The maximum absolute atomic E-state index is 14.0. The molecule has 0 spiro atoms. The molecule has 1 saturated heterocycles. The number of hydrogen-bond donors (Lipinski definition) is 0. The van der Waals surface area contributed by atoms with Gasteiger partial charge in [-0.1, -0.05) is 37.8 Å². The maximum Gasteiger partial charge on any atom is 0.573 e. The molecule has 1 fully saturated rings. The first kappa shape index (κ1) is 25.6. The molecule has 8 heteroatoms. The van der Waals surface area contributed by atoms with Crippen molar-refractivity contribution in [2.45, 2.75) is 45.1 Å². The Bertz CT molecular complexity index is 1200. The second kappa shape index (κ2) is 10.1. The summed E-state index contributed by atoms with van der Waals surface area (Å²) in [6.45, 7) is 9.37. The number of carbonyl (C=O) groups is 1. The largest absolute Gasteiger partial charge is 0.573 e. The van der Waals surface area contributed by atoms with Crippen LogP contribution in [0.15, 0.2) is 85.1 Å². The molecular weight excluding hydrogens is 455 g/mol. The van der Waals surface area contributed by atoms with Crippen molar-refractivity contribution in [3.05, 3.63) is 96.2 Å². The van der Waals surface area contributed by atoms with Gasteiger partial charge in [0.05, 0.1) is 23.2 Å².